The predicted molar refractivity (Wildman–Crippen MR) is 83.5 cm³/mol. The second kappa shape index (κ2) is 21.5. The van der Waals surface area contributed by atoms with Gasteiger partial charge in [0.25, 0.3) is 0 Å². The van der Waals surface area contributed by atoms with Crippen molar-refractivity contribution in [2.45, 2.75) is 69.2 Å². The van der Waals surface area contributed by atoms with Crippen molar-refractivity contribution in [2.24, 2.45) is 5.92 Å². The molecule has 0 N–H and O–H groups in total. The summed E-state index contributed by atoms with van der Waals surface area (Å²) in [4.78, 5) is 0. The van der Waals surface area contributed by atoms with Crippen molar-refractivity contribution in [3.63, 3.8) is 0 Å². The van der Waals surface area contributed by atoms with Gasteiger partial charge in [-0.1, -0.05) is 55.4 Å². The van der Waals surface area contributed by atoms with Gasteiger partial charge >= 0.3 is 0 Å². The van der Waals surface area contributed by atoms with E-state index >= 15 is 0 Å². The van der Waals surface area contributed by atoms with Gasteiger partial charge in [-0.3, -0.25) is 0 Å². The molecule has 0 spiro atoms. The van der Waals surface area contributed by atoms with E-state index in [1.165, 1.54) is 6.92 Å². The molecular weight excluding hydrogens is 227 g/mol. The van der Waals surface area contributed by atoms with Crippen LogP contribution in [-0.4, -0.2) is 7.11 Å². The van der Waals surface area contributed by atoms with E-state index in [1.807, 2.05) is 62.3 Å². The van der Waals surface area contributed by atoms with Gasteiger partial charge in [-0.25, -0.2) is 4.39 Å². The zero-order valence-electron chi connectivity index (χ0n) is 14.4. The average molecular weight is 262 g/mol. The Morgan fingerprint density at radius 2 is 1.33 bits per heavy atom. The third-order valence-electron chi connectivity index (χ3n) is 1.70. The zero-order valence-corrected chi connectivity index (χ0v) is 14.4. The van der Waals surface area contributed by atoms with Crippen molar-refractivity contribution < 1.29 is 9.13 Å². The molecule has 0 aliphatic heterocycles. The van der Waals surface area contributed by atoms with Gasteiger partial charge in [0, 0.05) is 5.57 Å². The normalized spacial score (nSPS) is 10.8. The van der Waals surface area contributed by atoms with Crippen molar-refractivity contribution in [1.82, 2.24) is 0 Å². The molecule has 112 valence electrons. The Morgan fingerprint density at radius 1 is 1.00 bits per heavy atom. The van der Waals surface area contributed by atoms with Gasteiger partial charge in [0.2, 0.25) is 0 Å². The van der Waals surface area contributed by atoms with E-state index in [0.717, 1.165) is 0 Å². The van der Waals surface area contributed by atoms with Gasteiger partial charge in [-0.15, -0.1) is 0 Å². The van der Waals surface area contributed by atoms with Crippen LogP contribution in [0.2, 0.25) is 0 Å². The highest BCUT2D eigenvalue weighted by molar-refractivity contribution is 5.29. The molecular formula is C16H35FO. The lowest BCUT2D eigenvalue weighted by Gasteiger charge is -2.14. The standard InChI is InChI=1S/C10H17FO.3C2H6/c1-6-9(12-5)10(7(2)3)8(4)11;3*1-2/h6-7H,1-5H3;3*1-2H3/b9-6-,10-8+;;;. The molecule has 0 saturated heterocycles. The lowest BCUT2D eigenvalue weighted by atomic mass is 10.0. The number of allylic oxidation sites excluding steroid dienone is 3. The Hall–Kier alpha value is -0.790. The van der Waals surface area contributed by atoms with Gasteiger partial charge in [-0.05, 0) is 25.8 Å². The SMILES string of the molecule is C/C=C(OC)/C(=C(\C)F)C(C)C.CC.CC.CC. The first-order chi connectivity index (χ1) is 8.54. The fourth-order valence-electron chi connectivity index (χ4n) is 1.24. The summed E-state index contributed by atoms with van der Waals surface area (Å²) in [7, 11) is 1.56. The van der Waals surface area contributed by atoms with Crippen molar-refractivity contribution in [3.8, 4) is 0 Å². The van der Waals surface area contributed by atoms with E-state index in [1.54, 1.807) is 13.2 Å². The smallest absolute Gasteiger partial charge is 0.120 e. The maximum atomic E-state index is 13.0. The second-order valence-electron chi connectivity index (χ2n) is 2.96. The first-order valence-corrected chi connectivity index (χ1v) is 7.11. The molecule has 0 atom stereocenters. The van der Waals surface area contributed by atoms with Gasteiger partial charge in [0.05, 0.1) is 7.11 Å². The first-order valence-electron chi connectivity index (χ1n) is 7.11. The van der Waals surface area contributed by atoms with E-state index in [9.17, 15) is 4.39 Å². The van der Waals surface area contributed by atoms with Crippen molar-refractivity contribution >= 4 is 0 Å². The van der Waals surface area contributed by atoms with Crippen LogP contribution in [-0.2, 0) is 4.74 Å². The van der Waals surface area contributed by atoms with Crippen LogP contribution in [0.5, 0.6) is 0 Å². The number of hydrogen-bond acceptors (Lipinski definition) is 1. The molecule has 0 aliphatic rings. The average Bonchev–Trinajstić information content (AvgIpc) is 2.41. The Kier molecular flexibility index (Phi) is 30.9. The van der Waals surface area contributed by atoms with E-state index in [2.05, 4.69) is 0 Å². The predicted octanol–water partition coefficient (Wildman–Crippen LogP) is 6.51. The molecule has 0 unspecified atom stereocenters. The second-order valence-corrected chi connectivity index (χ2v) is 2.96. The van der Waals surface area contributed by atoms with Crippen LogP contribution in [0.1, 0.15) is 69.2 Å². The molecule has 18 heavy (non-hydrogen) atoms. The molecule has 0 rings (SSSR count). The number of rotatable bonds is 3. The number of halogens is 1. The van der Waals surface area contributed by atoms with Crippen LogP contribution in [0.25, 0.3) is 0 Å². The van der Waals surface area contributed by atoms with E-state index in [-0.39, 0.29) is 11.7 Å². The highest BCUT2D eigenvalue weighted by atomic mass is 19.1. The summed E-state index contributed by atoms with van der Waals surface area (Å²) in [6.07, 6.45) is 1.78. The topological polar surface area (TPSA) is 9.23 Å². The third kappa shape index (κ3) is 13.3. The van der Waals surface area contributed by atoms with Crippen LogP contribution in [0.3, 0.4) is 0 Å². The van der Waals surface area contributed by atoms with Gasteiger partial charge in [0.1, 0.15) is 11.6 Å². The summed E-state index contributed by atoms with van der Waals surface area (Å²) in [5, 5.41) is 0. The number of ether oxygens (including phenoxy) is 1. The van der Waals surface area contributed by atoms with Crippen molar-refractivity contribution in [3.05, 3.63) is 23.2 Å². The Labute approximate surface area is 115 Å². The molecule has 0 radical (unpaired) electrons. The molecule has 0 aromatic carbocycles. The molecule has 2 heteroatoms. The summed E-state index contributed by atoms with van der Waals surface area (Å²) in [6.45, 7) is 19.2. The van der Waals surface area contributed by atoms with Crippen LogP contribution in [0, 0.1) is 5.92 Å². The van der Waals surface area contributed by atoms with Gasteiger partial charge in [0.15, 0.2) is 0 Å². The minimum absolute atomic E-state index is 0.154. The summed E-state index contributed by atoms with van der Waals surface area (Å²) < 4.78 is 18.0. The molecule has 0 aliphatic carbocycles. The fraction of sp³-hybridized carbons (Fsp3) is 0.750. The summed E-state index contributed by atoms with van der Waals surface area (Å²) in [5.74, 6) is 0.617. The molecule has 0 heterocycles. The van der Waals surface area contributed by atoms with Gasteiger partial charge in [-0.2, -0.15) is 0 Å². The quantitative estimate of drug-likeness (QED) is 0.416. The molecule has 0 amide bonds. The van der Waals surface area contributed by atoms with Gasteiger partial charge < -0.3 is 4.74 Å². The van der Waals surface area contributed by atoms with Crippen LogP contribution >= 0.6 is 0 Å². The summed E-state index contributed by atoms with van der Waals surface area (Å²) in [5.41, 5.74) is 0.653. The minimum atomic E-state index is -0.167. The maximum absolute atomic E-state index is 13.0. The lowest BCUT2D eigenvalue weighted by Crippen LogP contribution is -2.01. The van der Waals surface area contributed by atoms with Crippen LogP contribution in [0.15, 0.2) is 23.2 Å². The van der Waals surface area contributed by atoms with Crippen molar-refractivity contribution in [2.75, 3.05) is 7.11 Å². The zero-order chi connectivity index (χ0) is 15.7. The summed E-state index contributed by atoms with van der Waals surface area (Å²) >= 11 is 0. The molecule has 1 nitrogen and oxygen atoms in total. The maximum Gasteiger partial charge on any atom is 0.120 e. The third-order valence-corrected chi connectivity index (χ3v) is 1.70. The monoisotopic (exact) mass is 262 g/mol. The highest BCUT2D eigenvalue weighted by Crippen LogP contribution is 2.24. The summed E-state index contributed by atoms with van der Waals surface area (Å²) in [6, 6.07) is 0. The number of hydrogen-bond donors (Lipinski definition) is 0. The van der Waals surface area contributed by atoms with E-state index in [4.69, 9.17) is 4.74 Å². The Morgan fingerprint density at radius 3 is 1.39 bits per heavy atom. The molecule has 0 saturated carbocycles. The van der Waals surface area contributed by atoms with E-state index < -0.39 is 0 Å². The lowest BCUT2D eigenvalue weighted by molar-refractivity contribution is 0.290. The largest absolute Gasteiger partial charge is 0.497 e. The molecule has 0 bridgehead atoms. The van der Waals surface area contributed by atoms with Crippen LogP contribution in [0.4, 0.5) is 4.39 Å². The molecule has 0 fully saturated rings. The number of methoxy groups -OCH3 is 1. The Bertz CT molecular complexity index is 199. The first kappa shape index (κ1) is 25.9. The highest BCUT2D eigenvalue weighted by Gasteiger charge is 2.12. The Balaban J connectivity index is -0.000000141. The fourth-order valence-corrected chi connectivity index (χ4v) is 1.24. The molecule has 0 aromatic rings. The van der Waals surface area contributed by atoms with Crippen molar-refractivity contribution in [1.29, 1.82) is 0 Å². The van der Waals surface area contributed by atoms with E-state index in [0.29, 0.717) is 11.3 Å². The van der Waals surface area contributed by atoms with Crippen LogP contribution < -0.4 is 0 Å². The minimum Gasteiger partial charge on any atom is -0.497 e. The molecule has 0 aromatic heterocycles.